The summed E-state index contributed by atoms with van der Waals surface area (Å²) in [4.78, 5) is 10.4. The van der Waals surface area contributed by atoms with Gasteiger partial charge in [0.25, 0.3) is 0 Å². The average Bonchev–Trinajstić information content (AvgIpc) is 3.33. The Morgan fingerprint density at radius 1 is 1.29 bits per heavy atom. The number of nitrogens with one attached hydrogen (secondary N) is 1. The topological polar surface area (TPSA) is 41.1 Å². The number of aromatic amines is 1. The Bertz CT molecular complexity index is 883. The van der Waals surface area contributed by atoms with Crippen LogP contribution in [0.5, 0.6) is 5.75 Å². The Balaban J connectivity index is 0.00000182. The molecule has 0 amide bonds. The third-order valence-electron chi connectivity index (χ3n) is 4.81. The first-order chi connectivity index (χ1) is 11.6. The molecule has 4 heteroatoms. The van der Waals surface area contributed by atoms with E-state index >= 15 is 0 Å². The molecule has 0 spiro atoms. The van der Waals surface area contributed by atoms with Gasteiger partial charge in [-0.1, -0.05) is 0 Å². The Kier molecular flexibility index (Phi) is 3.93. The lowest BCUT2D eigenvalue weighted by Crippen LogP contribution is -2.15. The van der Waals surface area contributed by atoms with E-state index in [1.54, 1.807) is 0 Å². The zero-order chi connectivity index (χ0) is 16.7. The predicted octanol–water partition coefficient (Wildman–Crippen LogP) is 4.48. The van der Waals surface area contributed by atoms with Gasteiger partial charge in [0.05, 0.1) is 17.8 Å². The fourth-order valence-electron chi connectivity index (χ4n) is 3.39. The Hall–Kier alpha value is -2.07. The summed E-state index contributed by atoms with van der Waals surface area (Å²) in [6.45, 7) is 3.93. The number of fused-ring (bicyclic) bond motifs is 3. The highest BCUT2D eigenvalue weighted by atomic mass is 16.5. The lowest BCUT2D eigenvalue weighted by atomic mass is 10.1. The van der Waals surface area contributed by atoms with Gasteiger partial charge in [-0.15, -0.1) is 0 Å². The smallest absolute Gasteiger partial charge is 0.124 e. The highest BCUT2D eigenvalue weighted by molar-refractivity contribution is 6.09. The summed E-state index contributed by atoms with van der Waals surface area (Å²) < 4.78 is 6.02. The molecule has 0 unspecified atom stereocenters. The molecule has 1 aliphatic rings. The van der Waals surface area contributed by atoms with Crippen molar-refractivity contribution in [2.45, 2.75) is 32.1 Å². The van der Waals surface area contributed by atoms with Crippen LogP contribution in [0.15, 0.2) is 24.4 Å². The van der Waals surface area contributed by atoms with Gasteiger partial charge in [-0.05, 0) is 58.0 Å². The van der Waals surface area contributed by atoms with Gasteiger partial charge in [-0.25, -0.2) is 0 Å². The van der Waals surface area contributed by atoms with Gasteiger partial charge in [0.2, 0.25) is 0 Å². The van der Waals surface area contributed by atoms with Crippen molar-refractivity contribution in [2.75, 3.05) is 27.2 Å². The summed E-state index contributed by atoms with van der Waals surface area (Å²) in [5.41, 5.74) is 4.79. The normalized spacial score (nSPS) is 14.8. The molecule has 24 heavy (non-hydrogen) atoms. The molecular formula is C20H27N3O. The first-order valence-electron chi connectivity index (χ1n) is 8.82. The molecule has 1 fully saturated rings. The molecule has 0 radical (unpaired) electrons. The maximum Gasteiger partial charge on any atom is 0.124 e. The van der Waals surface area contributed by atoms with Crippen LogP contribution in [0.4, 0.5) is 0 Å². The van der Waals surface area contributed by atoms with E-state index in [1.807, 2.05) is 6.20 Å². The van der Waals surface area contributed by atoms with Crippen LogP contribution >= 0.6 is 0 Å². The maximum atomic E-state index is 6.02. The van der Waals surface area contributed by atoms with Gasteiger partial charge in [0, 0.05) is 42.4 Å². The van der Waals surface area contributed by atoms with Gasteiger partial charge in [-0.2, -0.15) is 0 Å². The molecular weight excluding hydrogens is 298 g/mol. The van der Waals surface area contributed by atoms with E-state index in [0.717, 1.165) is 30.8 Å². The van der Waals surface area contributed by atoms with Crippen molar-refractivity contribution < 1.29 is 6.16 Å². The number of pyridine rings is 1. The maximum absolute atomic E-state index is 6.02. The summed E-state index contributed by atoms with van der Waals surface area (Å²) in [7, 11) is 4.18. The van der Waals surface area contributed by atoms with Crippen molar-refractivity contribution >= 4 is 21.8 Å². The molecule has 3 aromatic rings. The third-order valence-corrected chi connectivity index (χ3v) is 4.81. The SMILES string of the molecule is Cc1cc2c(cc1OCCCN(C)C)[nH]c1ccnc(C3CC3)c12.[HH]. The van der Waals surface area contributed by atoms with Gasteiger partial charge >= 0.3 is 0 Å². The quantitative estimate of drug-likeness (QED) is 0.679. The van der Waals surface area contributed by atoms with Crippen molar-refractivity contribution in [1.82, 2.24) is 14.9 Å². The van der Waals surface area contributed by atoms with E-state index in [1.165, 1.54) is 40.4 Å². The van der Waals surface area contributed by atoms with E-state index in [9.17, 15) is 0 Å². The van der Waals surface area contributed by atoms with Crippen molar-refractivity contribution in [3.63, 3.8) is 0 Å². The van der Waals surface area contributed by atoms with Gasteiger partial charge in [-0.3, -0.25) is 4.98 Å². The van der Waals surface area contributed by atoms with Gasteiger partial charge < -0.3 is 14.6 Å². The number of aryl methyl sites for hydroxylation is 1. The molecule has 0 bridgehead atoms. The van der Waals surface area contributed by atoms with E-state index in [-0.39, 0.29) is 1.43 Å². The zero-order valence-corrected chi connectivity index (χ0v) is 14.7. The second-order valence-electron chi connectivity index (χ2n) is 7.19. The van der Waals surface area contributed by atoms with Crippen molar-refractivity contribution in [2.24, 2.45) is 0 Å². The van der Waals surface area contributed by atoms with Crippen LogP contribution in [-0.4, -0.2) is 42.1 Å². The first kappa shape index (κ1) is 15.5. The largest absolute Gasteiger partial charge is 0.493 e. The minimum atomic E-state index is 0. The molecule has 0 aliphatic heterocycles. The minimum Gasteiger partial charge on any atom is -0.493 e. The molecule has 0 saturated heterocycles. The van der Waals surface area contributed by atoms with Crippen molar-refractivity contribution in [3.8, 4) is 5.75 Å². The lowest BCUT2D eigenvalue weighted by Gasteiger charge is -2.12. The molecule has 1 N–H and O–H groups in total. The average molecular weight is 325 g/mol. The highest BCUT2D eigenvalue weighted by Gasteiger charge is 2.28. The fourth-order valence-corrected chi connectivity index (χ4v) is 3.39. The zero-order valence-electron chi connectivity index (χ0n) is 14.7. The summed E-state index contributed by atoms with van der Waals surface area (Å²) in [5, 5.41) is 2.58. The van der Waals surface area contributed by atoms with Crippen LogP contribution in [0.2, 0.25) is 0 Å². The van der Waals surface area contributed by atoms with E-state index in [0.29, 0.717) is 5.92 Å². The number of nitrogens with zero attached hydrogens (tertiary/aromatic N) is 2. The number of ether oxygens (including phenoxy) is 1. The fraction of sp³-hybridized carbons (Fsp3) is 0.450. The van der Waals surface area contributed by atoms with Gasteiger partial charge in [0.1, 0.15) is 5.75 Å². The number of aromatic nitrogens is 2. The number of H-pyrrole nitrogens is 1. The molecule has 1 aliphatic carbocycles. The number of hydrogen-bond donors (Lipinski definition) is 1. The first-order valence-corrected chi connectivity index (χ1v) is 8.82. The Morgan fingerprint density at radius 3 is 2.88 bits per heavy atom. The van der Waals surface area contributed by atoms with Crippen molar-refractivity contribution in [3.05, 3.63) is 35.7 Å². The molecule has 128 valence electrons. The van der Waals surface area contributed by atoms with Gasteiger partial charge in [0.15, 0.2) is 0 Å². The summed E-state index contributed by atoms with van der Waals surface area (Å²) >= 11 is 0. The number of rotatable bonds is 6. The Morgan fingerprint density at radius 2 is 2.12 bits per heavy atom. The monoisotopic (exact) mass is 325 g/mol. The molecule has 1 aromatic carbocycles. The van der Waals surface area contributed by atoms with Crippen LogP contribution in [0.1, 0.15) is 37.9 Å². The van der Waals surface area contributed by atoms with Crippen LogP contribution < -0.4 is 4.74 Å². The molecule has 1 saturated carbocycles. The lowest BCUT2D eigenvalue weighted by molar-refractivity contribution is 0.280. The second-order valence-corrected chi connectivity index (χ2v) is 7.19. The summed E-state index contributed by atoms with van der Waals surface area (Å²) in [6.07, 6.45) is 5.50. The van der Waals surface area contributed by atoms with Crippen LogP contribution in [0.25, 0.3) is 21.8 Å². The summed E-state index contributed by atoms with van der Waals surface area (Å²) in [5.74, 6) is 1.63. The van der Waals surface area contributed by atoms with Crippen LogP contribution in [0, 0.1) is 6.92 Å². The standard InChI is InChI=1S/C20H25N3O.H2/c1-13-11-15-17(12-18(13)24-10-4-9-23(2)3)22-16-7-8-21-20(19(15)16)14-5-6-14;/h7-8,11-12,14,22H,4-6,9-10H2,1-3H3;1H. The summed E-state index contributed by atoms with van der Waals surface area (Å²) in [6, 6.07) is 6.48. The third kappa shape index (κ3) is 2.86. The number of benzene rings is 1. The van der Waals surface area contributed by atoms with Crippen molar-refractivity contribution in [1.29, 1.82) is 0 Å². The minimum absolute atomic E-state index is 0. The van der Waals surface area contributed by atoms with Crippen LogP contribution in [-0.2, 0) is 0 Å². The molecule has 2 aromatic heterocycles. The molecule has 4 rings (SSSR count). The molecule has 2 heterocycles. The van der Waals surface area contributed by atoms with Crippen LogP contribution in [0.3, 0.4) is 0 Å². The van der Waals surface area contributed by atoms with E-state index in [2.05, 4.69) is 54.1 Å². The molecule has 0 atom stereocenters. The second kappa shape index (κ2) is 6.10. The number of hydrogen-bond acceptors (Lipinski definition) is 3. The predicted molar refractivity (Wildman–Crippen MR) is 101 cm³/mol. The van der Waals surface area contributed by atoms with E-state index < -0.39 is 0 Å². The Labute approximate surface area is 144 Å². The van der Waals surface area contributed by atoms with E-state index in [4.69, 9.17) is 4.74 Å². The molecule has 4 nitrogen and oxygen atoms in total. The highest BCUT2D eigenvalue weighted by Crippen LogP contribution is 2.44.